The van der Waals surface area contributed by atoms with E-state index in [9.17, 15) is 0 Å². The van der Waals surface area contributed by atoms with E-state index in [0.717, 1.165) is 29.2 Å². The van der Waals surface area contributed by atoms with E-state index >= 15 is 0 Å². The van der Waals surface area contributed by atoms with Crippen LogP contribution < -0.4 is 10.6 Å². The lowest BCUT2D eigenvalue weighted by molar-refractivity contribution is 0.210. The predicted octanol–water partition coefficient (Wildman–Crippen LogP) is 4.51. The number of nitrogens with one attached hydrogen (secondary N) is 2. The van der Waals surface area contributed by atoms with Crippen molar-refractivity contribution in [2.45, 2.75) is 13.3 Å². The van der Waals surface area contributed by atoms with Crippen LogP contribution in [0, 0.1) is 0 Å². The summed E-state index contributed by atoms with van der Waals surface area (Å²) in [7, 11) is 1.69. The molecule has 2 aromatic carbocycles. The monoisotopic (exact) mass is 348 g/mol. The standard InChI is InChI=1S/C21H24N4O/c1-3-16-9-7-8-12-18(16)23-21-24-19(17-10-5-4-6-11-17)15-20(25-21)22-13-14-26-2/h4-12,15H,3,13-14H2,1-2H3,(H2,22,23,24,25). The van der Waals surface area contributed by atoms with Crippen LogP contribution in [0.3, 0.4) is 0 Å². The van der Waals surface area contributed by atoms with Gasteiger partial charge < -0.3 is 15.4 Å². The number of hydrogen-bond donors (Lipinski definition) is 2. The Morgan fingerprint density at radius 3 is 2.50 bits per heavy atom. The van der Waals surface area contributed by atoms with E-state index < -0.39 is 0 Å². The summed E-state index contributed by atoms with van der Waals surface area (Å²) in [4.78, 5) is 9.32. The maximum Gasteiger partial charge on any atom is 0.229 e. The molecule has 134 valence electrons. The molecule has 0 amide bonds. The van der Waals surface area contributed by atoms with Gasteiger partial charge >= 0.3 is 0 Å². The van der Waals surface area contributed by atoms with Gasteiger partial charge in [0.2, 0.25) is 5.95 Å². The summed E-state index contributed by atoms with van der Waals surface area (Å²) in [5, 5.41) is 6.67. The fourth-order valence-corrected chi connectivity index (χ4v) is 2.70. The fraction of sp³-hybridized carbons (Fsp3) is 0.238. The van der Waals surface area contributed by atoms with Crippen molar-refractivity contribution in [1.29, 1.82) is 0 Å². The second-order valence-electron chi connectivity index (χ2n) is 5.88. The molecule has 3 aromatic rings. The molecule has 0 atom stereocenters. The van der Waals surface area contributed by atoms with E-state index in [1.165, 1.54) is 5.56 Å². The number of rotatable bonds is 8. The third kappa shape index (κ3) is 4.58. The maximum atomic E-state index is 5.11. The van der Waals surface area contributed by atoms with Crippen LogP contribution >= 0.6 is 0 Å². The molecule has 1 aromatic heterocycles. The zero-order valence-corrected chi connectivity index (χ0v) is 15.2. The number of hydrogen-bond acceptors (Lipinski definition) is 5. The Hall–Kier alpha value is -2.92. The minimum atomic E-state index is 0.576. The summed E-state index contributed by atoms with van der Waals surface area (Å²) < 4.78 is 5.11. The Balaban J connectivity index is 1.93. The fourth-order valence-electron chi connectivity index (χ4n) is 2.70. The van der Waals surface area contributed by atoms with E-state index in [1.807, 2.05) is 48.5 Å². The van der Waals surface area contributed by atoms with Crippen LogP contribution in [0.2, 0.25) is 0 Å². The summed E-state index contributed by atoms with van der Waals surface area (Å²) in [5.74, 6) is 1.35. The topological polar surface area (TPSA) is 59.1 Å². The zero-order chi connectivity index (χ0) is 18.2. The molecule has 0 saturated carbocycles. The van der Waals surface area contributed by atoms with Crippen molar-refractivity contribution in [3.63, 3.8) is 0 Å². The zero-order valence-electron chi connectivity index (χ0n) is 15.2. The lowest BCUT2D eigenvalue weighted by Gasteiger charge is -2.13. The number of benzene rings is 2. The summed E-state index contributed by atoms with van der Waals surface area (Å²) in [6, 6.07) is 20.3. The molecule has 0 aliphatic carbocycles. The van der Waals surface area contributed by atoms with Crippen LogP contribution in [0.5, 0.6) is 0 Å². The van der Waals surface area contributed by atoms with Gasteiger partial charge in [-0.15, -0.1) is 0 Å². The van der Waals surface area contributed by atoms with Crippen molar-refractivity contribution in [1.82, 2.24) is 9.97 Å². The van der Waals surface area contributed by atoms with Gasteiger partial charge in [-0.25, -0.2) is 4.98 Å². The van der Waals surface area contributed by atoms with E-state index in [0.29, 0.717) is 19.1 Å². The first-order valence-corrected chi connectivity index (χ1v) is 8.82. The summed E-state index contributed by atoms with van der Waals surface area (Å²) in [6.07, 6.45) is 0.945. The highest BCUT2D eigenvalue weighted by Crippen LogP contribution is 2.24. The van der Waals surface area contributed by atoms with Crippen molar-refractivity contribution in [2.24, 2.45) is 0 Å². The van der Waals surface area contributed by atoms with Crippen LogP contribution in [0.15, 0.2) is 60.7 Å². The highest BCUT2D eigenvalue weighted by molar-refractivity contribution is 5.67. The molecule has 0 bridgehead atoms. The quantitative estimate of drug-likeness (QED) is 0.587. The van der Waals surface area contributed by atoms with Crippen molar-refractivity contribution < 1.29 is 4.74 Å². The van der Waals surface area contributed by atoms with Gasteiger partial charge in [-0.3, -0.25) is 0 Å². The molecule has 3 rings (SSSR count). The minimum absolute atomic E-state index is 0.576. The van der Waals surface area contributed by atoms with E-state index in [-0.39, 0.29) is 0 Å². The first-order chi connectivity index (χ1) is 12.8. The number of methoxy groups -OCH3 is 1. The molecule has 0 aliphatic rings. The number of anilines is 3. The largest absolute Gasteiger partial charge is 0.383 e. The van der Waals surface area contributed by atoms with Gasteiger partial charge in [0.25, 0.3) is 0 Å². The molecule has 0 aliphatic heterocycles. The molecule has 5 nitrogen and oxygen atoms in total. The molecule has 5 heteroatoms. The minimum Gasteiger partial charge on any atom is -0.383 e. The Labute approximate surface area is 154 Å². The second-order valence-corrected chi connectivity index (χ2v) is 5.88. The Kier molecular flexibility index (Phi) is 6.17. The first-order valence-electron chi connectivity index (χ1n) is 8.82. The molecule has 2 N–H and O–H groups in total. The van der Waals surface area contributed by atoms with Crippen molar-refractivity contribution in [2.75, 3.05) is 30.9 Å². The Bertz CT molecular complexity index is 836. The molecule has 26 heavy (non-hydrogen) atoms. The van der Waals surface area contributed by atoms with Crippen molar-refractivity contribution in [3.05, 3.63) is 66.2 Å². The highest BCUT2D eigenvalue weighted by Gasteiger charge is 2.08. The molecule has 0 unspecified atom stereocenters. The van der Waals surface area contributed by atoms with Gasteiger partial charge in [0, 0.05) is 31.0 Å². The predicted molar refractivity (Wildman–Crippen MR) is 107 cm³/mol. The van der Waals surface area contributed by atoms with Gasteiger partial charge in [-0.1, -0.05) is 55.5 Å². The smallest absolute Gasteiger partial charge is 0.229 e. The molecular formula is C21H24N4O. The van der Waals surface area contributed by atoms with Crippen LogP contribution in [0.4, 0.5) is 17.5 Å². The second kappa shape index (κ2) is 8.97. The lowest BCUT2D eigenvalue weighted by Crippen LogP contribution is -2.10. The first kappa shape index (κ1) is 17.9. The van der Waals surface area contributed by atoms with Crippen LogP contribution in [-0.2, 0) is 11.2 Å². The highest BCUT2D eigenvalue weighted by atomic mass is 16.5. The van der Waals surface area contributed by atoms with E-state index in [2.05, 4.69) is 34.7 Å². The molecule has 0 saturated heterocycles. The van der Waals surface area contributed by atoms with Gasteiger partial charge in [0.15, 0.2) is 0 Å². The van der Waals surface area contributed by atoms with Gasteiger partial charge in [0.05, 0.1) is 12.3 Å². The molecule has 1 heterocycles. The van der Waals surface area contributed by atoms with Crippen molar-refractivity contribution >= 4 is 17.5 Å². The molecular weight excluding hydrogens is 324 g/mol. The van der Waals surface area contributed by atoms with Crippen molar-refractivity contribution in [3.8, 4) is 11.3 Å². The van der Waals surface area contributed by atoms with Crippen LogP contribution in [-0.4, -0.2) is 30.2 Å². The van der Waals surface area contributed by atoms with Crippen LogP contribution in [0.25, 0.3) is 11.3 Å². The average molecular weight is 348 g/mol. The Morgan fingerprint density at radius 2 is 1.73 bits per heavy atom. The number of ether oxygens (including phenoxy) is 1. The number of aromatic nitrogens is 2. The van der Waals surface area contributed by atoms with Gasteiger partial charge in [-0.05, 0) is 18.1 Å². The van der Waals surface area contributed by atoms with Gasteiger partial charge in [-0.2, -0.15) is 4.98 Å². The van der Waals surface area contributed by atoms with E-state index in [4.69, 9.17) is 9.72 Å². The SMILES string of the molecule is CCc1ccccc1Nc1nc(NCCOC)cc(-c2ccccc2)n1. The third-order valence-electron chi connectivity index (χ3n) is 4.05. The normalized spacial score (nSPS) is 10.5. The summed E-state index contributed by atoms with van der Waals surface area (Å²) in [6.45, 7) is 3.44. The number of nitrogens with zero attached hydrogens (tertiary/aromatic N) is 2. The average Bonchev–Trinajstić information content (AvgIpc) is 2.69. The third-order valence-corrected chi connectivity index (χ3v) is 4.05. The molecule has 0 radical (unpaired) electrons. The summed E-state index contributed by atoms with van der Waals surface area (Å²) in [5.41, 5.74) is 4.19. The maximum absolute atomic E-state index is 5.11. The molecule has 0 fully saturated rings. The number of aryl methyl sites for hydroxylation is 1. The van der Waals surface area contributed by atoms with Gasteiger partial charge in [0.1, 0.15) is 5.82 Å². The summed E-state index contributed by atoms with van der Waals surface area (Å²) >= 11 is 0. The molecule has 0 spiro atoms. The van der Waals surface area contributed by atoms with E-state index in [1.54, 1.807) is 7.11 Å². The van der Waals surface area contributed by atoms with Crippen LogP contribution in [0.1, 0.15) is 12.5 Å². The Morgan fingerprint density at radius 1 is 0.962 bits per heavy atom. The lowest BCUT2D eigenvalue weighted by atomic mass is 10.1. The number of para-hydroxylation sites is 1.